The standard InChI is InChI=1S/C17H22BF2N3O2/c1-10-14(18-24-16(3,4)17(5,6)25-18)11(2)23(22-10)13-7-12(15(19)20)8-21-9-13/h7-9,15H,1-6H3. The summed E-state index contributed by atoms with van der Waals surface area (Å²) < 4.78 is 39.7. The van der Waals surface area contributed by atoms with Crippen LogP contribution < -0.4 is 5.46 Å². The number of nitrogens with zero attached hydrogens (tertiary/aromatic N) is 3. The Morgan fingerprint density at radius 2 is 1.68 bits per heavy atom. The topological polar surface area (TPSA) is 49.2 Å². The molecule has 1 saturated heterocycles. The van der Waals surface area contributed by atoms with Crippen LogP contribution in [-0.4, -0.2) is 33.1 Å². The van der Waals surface area contributed by atoms with E-state index in [4.69, 9.17) is 9.31 Å². The predicted octanol–water partition coefficient (Wildman–Crippen LogP) is 3.12. The molecule has 1 aliphatic rings. The molecule has 0 radical (unpaired) electrons. The van der Waals surface area contributed by atoms with Gasteiger partial charge in [0.2, 0.25) is 0 Å². The molecule has 3 heterocycles. The molecule has 0 atom stereocenters. The van der Waals surface area contributed by atoms with Crippen LogP contribution in [0.15, 0.2) is 18.5 Å². The molecule has 1 aliphatic heterocycles. The lowest BCUT2D eigenvalue weighted by molar-refractivity contribution is 0.00578. The highest BCUT2D eigenvalue weighted by Gasteiger charge is 2.53. The predicted molar refractivity (Wildman–Crippen MR) is 91.5 cm³/mol. The Morgan fingerprint density at radius 1 is 1.08 bits per heavy atom. The van der Waals surface area contributed by atoms with Gasteiger partial charge >= 0.3 is 7.12 Å². The van der Waals surface area contributed by atoms with Crippen molar-refractivity contribution >= 4 is 12.6 Å². The van der Waals surface area contributed by atoms with Gasteiger partial charge in [0.25, 0.3) is 6.43 Å². The second-order valence-corrected chi connectivity index (χ2v) is 7.36. The quantitative estimate of drug-likeness (QED) is 0.799. The lowest BCUT2D eigenvalue weighted by Crippen LogP contribution is -2.41. The second-order valence-electron chi connectivity index (χ2n) is 7.36. The van der Waals surface area contributed by atoms with E-state index in [1.807, 2.05) is 41.5 Å². The molecule has 3 rings (SSSR count). The fourth-order valence-electron chi connectivity index (χ4n) is 2.89. The summed E-state index contributed by atoms with van der Waals surface area (Å²) in [5.74, 6) is 0. The third kappa shape index (κ3) is 2.97. The molecule has 0 aromatic carbocycles. The van der Waals surface area contributed by atoms with E-state index in [1.165, 1.54) is 12.3 Å². The first kappa shape index (κ1) is 18.0. The second kappa shape index (κ2) is 5.88. The van der Waals surface area contributed by atoms with Gasteiger partial charge in [0, 0.05) is 22.9 Å². The van der Waals surface area contributed by atoms with E-state index < -0.39 is 24.7 Å². The summed E-state index contributed by atoms with van der Waals surface area (Å²) in [5, 5.41) is 4.49. The van der Waals surface area contributed by atoms with E-state index in [9.17, 15) is 8.78 Å². The summed E-state index contributed by atoms with van der Waals surface area (Å²) >= 11 is 0. The van der Waals surface area contributed by atoms with Crippen molar-refractivity contribution in [3.05, 3.63) is 35.4 Å². The van der Waals surface area contributed by atoms with Crippen molar-refractivity contribution in [3.63, 3.8) is 0 Å². The zero-order chi connectivity index (χ0) is 18.6. The minimum Gasteiger partial charge on any atom is -0.399 e. The Hall–Kier alpha value is -1.80. The lowest BCUT2D eigenvalue weighted by Gasteiger charge is -2.32. The maximum absolute atomic E-state index is 13.0. The van der Waals surface area contributed by atoms with Crippen LogP contribution in [0.5, 0.6) is 0 Å². The molecule has 8 heteroatoms. The maximum Gasteiger partial charge on any atom is 0.498 e. The Labute approximate surface area is 146 Å². The first-order chi connectivity index (χ1) is 11.5. The van der Waals surface area contributed by atoms with Gasteiger partial charge in [-0.25, -0.2) is 13.5 Å². The smallest absolute Gasteiger partial charge is 0.399 e. The van der Waals surface area contributed by atoms with Crippen LogP contribution >= 0.6 is 0 Å². The van der Waals surface area contributed by atoms with E-state index in [-0.39, 0.29) is 5.56 Å². The third-order valence-corrected chi connectivity index (χ3v) is 5.08. The van der Waals surface area contributed by atoms with Crippen LogP contribution in [0.4, 0.5) is 8.78 Å². The van der Waals surface area contributed by atoms with E-state index in [0.29, 0.717) is 5.69 Å². The molecular weight excluding hydrogens is 327 g/mol. The number of pyridine rings is 1. The van der Waals surface area contributed by atoms with Crippen molar-refractivity contribution in [1.82, 2.24) is 14.8 Å². The van der Waals surface area contributed by atoms with Gasteiger partial charge in [-0.2, -0.15) is 5.10 Å². The normalized spacial score (nSPS) is 19.0. The zero-order valence-electron chi connectivity index (χ0n) is 15.3. The Bertz CT molecular complexity index is 789. The molecule has 5 nitrogen and oxygen atoms in total. The van der Waals surface area contributed by atoms with Gasteiger partial charge in [0.15, 0.2) is 0 Å². The molecule has 0 bridgehead atoms. The molecule has 134 valence electrons. The largest absolute Gasteiger partial charge is 0.498 e. The summed E-state index contributed by atoms with van der Waals surface area (Å²) in [4.78, 5) is 3.90. The molecule has 0 amide bonds. The van der Waals surface area contributed by atoms with Crippen LogP contribution in [0, 0.1) is 13.8 Å². The van der Waals surface area contributed by atoms with Crippen molar-refractivity contribution in [3.8, 4) is 5.69 Å². The van der Waals surface area contributed by atoms with Crippen molar-refractivity contribution in [2.75, 3.05) is 0 Å². The first-order valence-electron chi connectivity index (χ1n) is 8.19. The highest BCUT2D eigenvalue weighted by Crippen LogP contribution is 2.37. The summed E-state index contributed by atoms with van der Waals surface area (Å²) in [6.07, 6.45) is 0.0981. The molecule has 0 N–H and O–H groups in total. The molecule has 2 aromatic heterocycles. The fraction of sp³-hybridized carbons (Fsp3) is 0.529. The summed E-state index contributed by atoms with van der Waals surface area (Å²) in [6, 6.07) is 1.39. The molecule has 1 fully saturated rings. The van der Waals surface area contributed by atoms with Crippen LogP contribution in [0.1, 0.15) is 51.1 Å². The van der Waals surface area contributed by atoms with Gasteiger partial charge in [0.05, 0.1) is 28.8 Å². The van der Waals surface area contributed by atoms with E-state index in [2.05, 4.69) is 10.1 Å². The van der Waals surface area contributed by atoms with Gasteiger partial charge in [-0.1, -0.05) is 0 Å². The fourth-order valence-corrected chi connectivity index (χ4v) is 2.89. The molecule has 2 aromatic rings. The Balaban J connectivity index is 2.02. The van der Waals surface area contributed by atoms with Gasteiger partial charge in [-0.3, -0.25) is 4.98 Å². The van der Waals surface area contributed by atoms with E-state index >= 15 is 0 Å². The lowest BCUT2D eigenvalue weighted by atomic mass is 9.77. The number of hydrogen-bond donors (Lipinski definition) is 0. The van der Waals surface area contributed by atoms with Gasteiger partial charge in [-0.05, 0) is 47.6 Å². The minimum atomic E-state index is -2.58. The van der Waals surface area contributed by atoms with Crippen molar-refractivity contribution in [2.45, 2.75) is 59.2 Å². The Morgan fingerprint density at radius 3 is 2.24 bits per heavy atom. The number of aryl methyl sites for hydroxylation is 1. The van der Waals surface area contributed by atoms with Gasteiger partial charge in [-0.15, -0.1) is 0 Å². The number of aromatic nitrogens is 3. The summed E-state index contributed by atoms with van der Waals surface area (Å²) in [5.41, 5.74) is 1.76. The minimum absolute atomic E-state index is 0.137. The molecular formula is C17H22BF2N3O2. The highest BCUT2D eigenvalue weighted by atomic mass is 19.3. The SMILES string of the molecule is Cc1nn(-c2cncc(C(F)F)c2)c(C)c1B1OC(C)(C)C(C)(C)O1. The first-order valence-corrected chi connectivity index (χ1v) is 8.19. The van der Waals surface area contributed by atoms with Crippen molar-refractivity contribution in [1.29, 1.82) is 0 Å². The monoisotopic (exact) mass is 349 g/mol. The number of halogens is 2. The highest BCUT2D eigenvalue weighted by molar-refractivity contribution is 6.63. The number of hydrogen-bond acceptors (Lipinski definition) is 4. The molecule has 0 spiro atoms. The van der Waals surface area contributed by atoms with Crippen LogP contribution in [0.2, 0.25) is 0 Å². The van der Waals surface area contributed by atoms with Crippen LogP contribution in [0.3, 0.4) is 0 Å². The molecule has 0 unspecified atom stereocenters. The summed E-state index contributed by atoms with van der Waals surface area (Å²) in [7, 11) is -0.551. The van der Waals surface area contributed by atoms with Crippen molar-refractivity contribution < 1.29 is 18.1 Å². The van der Waals surface area contributed by atoms with Crippen molar-refractivity contribution in [2.24, 2.45) is 0 Å². The molecule has 25 heavy (non-hydrogen) atoms. The zero-order valence-corrected chi connectivity index (χ0v) is 15.3. The number of rotatable bonds is 3. The average Bonchev–Trinajstić information content (AvgIpc) is 2.91. The van der Waals surface area contributed by atoms with Crippen LogP contribution in [-0.2, 0) is 9.31 Å². The number of alkyl halides is 2. The van der Waals surface area contributed by atoms with Gasteiger partial charge < -0.3 is 9.31 Å². The molecule has 0 aliphatic carbocycles. The third-order valence-electron chi connectivity index (χ3n) is 5.08. The molecule has 0 saturated carbocycles. The van der Waals surface area contributed by atoms with Gasteiger partial charge in [0.1, 0.15) is 0 Å². The average molecular weight is 349 g/mol. The summed E-state index contributed by atoms with van der Waals surface area (Å²) in [6.45, 7) is 11.7. The van der Waals surface area contributed by atoms with E-state index in [0.717, 1.165) is 23.0 Å². The maximum atomic E-state index is 13.0. The Kier molecular flexibility index (Phi) is 4.24. The van der Waals surface area contributed by atoms with Crippen LogP contribution in [0.25, 0.3) is 5.69 Å². The van der Waals surface area contributed by atoms with E-state index in [1.54, 1.807) is 4.68 Å².